The Kier molecular flexibility index (Phi) is 6.06. The van der Waals surface area contributed by atoms with Gasteiger partial charge in [-0.2, -0.15) is 4.98 Å². The van der Waals surface area contributed by atoms with E-state index in [9.17, 15) is 4.79 Å². The number of nitrogens with two attached hydrogens (primary N) is 1. The largest absolute Gasteiger partial charge is 0.383 e. The van der Waals surface area contributed by atoms with Crippen molar-refractivity contribution in [3.05, 3.63) is 52.6 Å². The van der Waals surface area contributed by atoms with Crippen LogP contribution in [0.3, 0.4) is 0 Å². The van der Waals surface area contributed by atoms with E-state index in [1.54, 1.807) is 12.3 Å². The summed E-state index contributed by atoms with van der Waals surface area (Å²) in [6, 6.07) is 11.1. The molecule has 1 aliphatic carbocycles. The van der Waals surface area contributed by atoms with Crippen molar-refractivity contribution in [2.24, 2.45) is 0 Å². The van der Waals surface area contributed by atoms with E-state index in [4.69, 9.17) is 5.73 Å². The van der Waals surface area contributed by atoms with Gasteiger partial charge in [0.15, 0.2) is 0 Å². The Hall–Kier alpha value is -2.18. The smallest absolute Gasteiger partial charge is 0.354 e. The van der Waals surface area contributed by atoms with E-state index < -0.39 is 0 Å². The van der Waals surface area contributed by atoms with Crippen LogP contribution < -0.4 is 16.7 Å². The molecule has 6 nitrogen and oxygen atoms in total. The summed E-state index contributed by atoms with van der Waals surface area (Å²) in [5.74, 6) is 0.245. The van der Waals surface area contributed by atoms with Crippen LogP contribution in [0, 0.1) is 0 Å². The van der Waals surface area contributed by atoms with E-state index in [0.29, 0.717) is 12.1 Å². The topological polar surface area (TPSA) is 76.2 Å². The summed E-state index contributed by atoms with van der Waals surface area (Å²) in [5, 5.41) is 3.40. The standard InChI is InChI=1S/C20H29N5O/c1-3-24(17-10-6-16(22-2)7-11-17)14-15-4-8-18(9-5-15)25-13-12-19(21)23-20(25)26/h4-5,8-9,12-13,16-17,22H,3,6-7,10-11,14H2,1-2H3,(H2,21,23,26)/t16-,17-. The van der Waals surface area contributed by atoms with Gasteiger partial charge in [0.05, 0.1) is 5.69 Å². The van der Waals surface area contributed by atoms with Crippen molar-refractivity contribution >= 4 is 5.82 Å². The lowest BCUT2D eigenvalue weighted by molar-refractivity contribution is 0.144. The molecule has 140 valence electrons. The molecule has 0 aliphatic heterocycles. The minimum atomic E-state index is -0.353. The number of rotatable bonds is 6. The molecule has 1 saturated carbocycles. The van der Waals surface area contributed by atoms with Crippen LogP contribution >= 0.6 is 0 Å². The van der Waals surface area contributed by atoms with Crippen LogP contribution in [0.1, 0.15) is 38.2 Å². The Morgan fingerprint density at radius 2 is 1.88 bits per heavy atom. The maximum Gasteiger partial charge on any atom is 0.354 e. The molecular weight excluding hydrogens is 326 g/mol. The Morgan fingerprint density at radius 3 is 2.46 bits per heavy atom. The second-order valence-electron chi connectivity index (χ2n) is 7.03. The zero-order chi connectivity index (χ0) is 18.5. The third-order valence-corrected chi connectivity index (χ3v) is 5.45. The molecule has 3 rings (SSSR count). The minimum Gasteiger partial charge on any atom is -0.383 e. The second-order valence-corrected chi connectivity index (χ2v) is 7.03. The SMILES string of the molecule is CCN(Cc1ccc(-n2ccc(N)nc2=O)cc1)[C@H]1CC[C@H](NC)CC1. The lowest BCUT2D eigenvalue weighted by Crippen LogP contribution is -2.41. The normalized spacial score (nSPS) is 20.4. The number of aromatic nitrogens is 2. The van der Waals surface area contributed by atoms with E-state index in [2.05, 4.69) is 41.3 Å². The summed E-state index contributed by atoms with van der Waals surface area (Å²) in [6.07, 6.45) is 6.68. The third kappa shape index (κ3) is 4.31. The molecule has 26 heavy (non-hydrogen) atoms. The number of hydrogen-bond donors (Lipinski definition) is 2. The summed E-state index contributed by atoms with van der Waals surface area (Å²) in [7, 11) is 2.06. The van der Waals surface area contributed by atoms with Gasteiger partial charge in [0.25, 0.3) is 0 Å². The average molecular weight is 355 g/mol. The minimum absolute atomic E-state index is 0.245. The summed E-state index contributed by atoms with van der Waals surface area (Å²) in [6.45, 7) is 4.23. The first kappa shape index (κ1) is 18.6. The molecule has 3 N–H and O–H groups in total. The first-order valence-corrected chi connectivity index (χ1v) is 9.46. The average Bonchev–Trinajstić information content (AvgIpc) is 2.67. The van der Waals surface area contributed by atoms with Gasteiger partial charge in [-0.05, 0) is 63.0 Å². The quantitative estimate of drug-likeness (QED) is 0.830. The van der Waals surface area contributed by atoms with Crippen LogP contribution in [0.25, 0.3) is 5.69 Å². The molecular formula is C20H29N5O. The maximum absolute atomic E-state index is 12.0. The molecule has 0 bridgehead atoms. The van der Waals surface area contributed by atoms with E-state index >= 15 is 0 Å². The number of benzene rings is 1. The van der Waals surface area contributed by atoms with Crippen LogP contribution in [0.4, 0.5) is 5.82 Å². The van der Waals surface area contributed by atoms with Gasteiger partial charge in [-0.25, -0.2) is 4.79 Å². The number of hydrogen-bond acceptors (Lipinski definition) is 5. The molecule has 1 heterocycles. The van der Waals surface area contributed by atoms with Crippen molar-refractivity contribution in [2.45, 2.75) is 51.2 Å². The molecule has 1 fully saturated rings. The van der Waals surface area contributed by atoms with Gasteiger partial charge in [-0.3, -0.25) is 9.47 Å². The van der Waals surface area contributed by atoms with Gasteiger partial charge in [-0.15, -0.1) is 0 Å². The van der Waals surface area contributed by atoms with Crippen molar-refractivity contribution in [1.29, 1.82) is 0 Å². The highest BCUT2D eigenvalue weighted by atomic mass is 16.1. The van der Waals surface area contributed by atoms with Crippen molar-refractivity contribution in [1.82, 2.24) is 19.8 Å². The fourth-order valence-corrected chi connectivity index (χ4v) is 3.84. The summed E-state index contributed by atoms with van der Waals surface area (Å²) in [4.78, 5) is 18.3. The van der Waals surface area contributed by atoms with Crippen molar-refractivity contribution in [3.63, 3.8) is 0 Å². The van der Waals surface area contributed by atoms with Crippen LogP contribution in [0.5, 0.6) is 0 Å². The van der Waals surface area contributed by atoms with Crippen LogP contribution in [0.2, 0.25) is 0 Å². The van der Waals surface area contributed by atoms with Crippen LogP contribution in [-0.2, 0) is 6.54 Å². The molecule has 1 aliphatic rings. The molecule has 6 heteroatoms. The molecule has 0 amide bonds. The molecule has 0 spiro atoms. The maximum atomic E-state index is 12.0. The highest BCUT2D eigenvalue weighted by Gasteiger charge is 2.24. The molecule has 0 saturated heterocycles. The Labute approximate surface area is 155 Å². The van der Waals surface area contributed by atoms with E-state index in [1.165, 1.54) is 35.8 Å². The zero-order valence-electron chi connectivity index (χ0n) is 15.7. The lowest BCUT2D eigenvalue weighted by atomic mass is 9.90. The van der Waals surface area contributed by atoms with E-state index in [0.717, 1.165) is 18.8 Å². The fraction of sp³-hybridized carbons (Fsp3) is 0.500. The van der Waals surface area contributed by atoms with Crippen molar-refractivity contribution < 1.29 is 0 Å². The Bertz CT molecular complexity index is 763. The monoisotopic (exact) mass is 355 g/mol. The first-order valence-electron chi connectivity index (χ1n) is 9.46. The number of nitrogens with zero attached hydrogens (tertiary/aromatic N) is 3. The van der Waals surface area contributed by atoms with Crippen LogP contribution in [-0.4, -0.2) is 40.1 Å². The van der Waals surface area contributed by atoms with Gasteiger partial charge in [0.2, 0.25) is 0 Å². The van der Waals surface area contributed by atoms with Gasteiger partial charge in [0.1, 0.15) is 5.82 Å². The van der Waals surface area contributed by atoms with Gasteiger partial charge >= 0.3 is 5.69 Å². The number of anilines is 1. The second kappa shape index (κ2) is 8.47. The number of nitrogen functional groups attached to an aromatic ring is 1. The molecule has 1 aromatic heterocycles. The van der Waals surface area contributed by atoms with E-state index in [-0.39, 0.29) is 11.5 Å². The highest BCUT2D eigenvalue weighted by Crippen LogP contribution is 2.24. The van der Waals surface area contributed by atoms with Gasteiger partial charge < -0.3 is 11.1 Å². The molecule has 0 radical (unpaired) electrons. The molecule has 0 atom stereocenters. The van der Waals surface area contributed by atoms with Gasteiger partial charge in [-0.1, -0.05) is 19.1 Å². The molecule has 1 aromatic carbocycles. The third-order valence-electron chi connectivity index (χ3n) is 5.45. The van der Waals surface area contributed by atoms with Crippen LogP contribution in [0.15, 0.2) is 41.3 Å². The number of nitrogens with one attached hydrogen (secondary N) is 1. The first-order chi connectivity index (χ1) is 12.6. The summed E-state index contributed by atoms with van der Waals surface area (Å²) in [5.41, 5.74) is 7.28. The van der Waals surface area contributed by atoms with Crippen molar-refractivity contribution in [3.8, 4) is 5.69 Å². The van der Waals surface area contributed by atoms with Gasteiger partial charge in [0, 0.05) is 24.8 Å². The highest BCUT2D eigenvalue weighted by molar-refractivity contribution is 5.36. The summed E-state index contributed by atoms with van der Waals surface area (Å²) < 4.78 is 1.51. The van der Waals surface area contributed by atoms with Crippen molar-refractivity contribution in [2.75, 3.05) is 19.3 Å². The predicted octanol–water partition coefficient (Wildman–Crippen LogP) is 2.17. The zero-order valence-corrected chi connectivity index (χ0v) is 15.7. The molecule has 0 unspecified atom stereocenters. The predicted molar refractivity (Wildman–Crippen MR) is 105 cm³/mol. The fourth-order valence-electron chi connectivity index (χ4n) is 3.84. The lowest BCUT2D eigenvalue weighted by Gasteiger charge is -2.36. The Morgan fingerprint density at radius 1 is 1.19 bits per heavy atom. The van der Waals surface area contributed by atoms with E-state index in [1.807, 2.05) is 12.1 Å². The molecule has 2 aromatic rings. The summed E-state index contributed by atoms with van der Waals surface area (Å²) >= 11 is 0. The Balaban J connectivity index is 1.67.